The summed E-state index contributed by atoms with van der Waals surface area (Å²) in [6, 6.07) is 5.24. The van der Waals surface area contributed by atoms with Gasteiger partial charge in [-0.1, -0.05) is 35.9 Å². The molecule has 0 heterocycles. The molecular weight excluding hydrogens is 358 g/mol. The predicted octanol–water partition coefficient (Wildman–Crippen LogP) is 4.47. The van der Waals surface area contributed by atoms with Crippen LogP contribution < -0.4 is 5.32 Å². The van der Waals surface area contributed by atoms with E-state index < -0.39 is 6.04 Å². The van der Waals surface area contributed by atoms with E-state index in [2.05, 4.69) is 5.32 Å². The fraction of sp³-hybridized carbons (Fsp3) is 0.455. The number of benzene rings is 1. The zero-order valence-electron chi connectivity index (χ0n) is 17.0. The van der Waals surface area contributed by atoms with Gasteiger partial charge in [0.15, 0.2) is 0 Å². The van der Waals surface area contributed by atoms with E-state index in [4.69, 9.17) is 4.74 Å². The Labute approximate surface area is 167 Å². The van der Waals surface area contributed by atoms with Crippen LogP contribution in [0, 0.1) is 6.92 Å². The molecule has 0 fully saturated rings. The highest BCUT2D eigenvalue weighted by Crippen LogP contribution is 2.18. The smallest absolute Gasteiger partial charge is 0.328 e. The molecule has 5 heteroatoms. The maximum Gasteiger partial charge on any atom is 0.328 e. The second kappa shape index (κ2) is 12.4. The first-order chi connectivity index (χ1) is 13.0. The van der Waals surface area contributed by atoms with Gasteiger partial charge in [0.05, 0.1) is 6.61 Å². The van der Waals surface area contributed by atoms with Crippen LogP contribution in [0.15, 0.2) is 42.0 Å². The number of hydrogen-bond donors (Lipinski definition) is 1. The molecule has 0 aromatic heterocycles. The Balaban J connectivity index is 3.09. The molecule has 1 amide bonds. The van der Waals surface area contributed by atoms with Gasteiger partial charge in [-0.05, 0) is 69.7 Å². The fourth-order valence-corrected chi connectivity index (χ4v) is 3.18. The molecule has 1 rings (SSSR count). The number of carbonyl (C=O) groups is 2. The molecule has 148 valence electrons. The first-order valence-electron chi connectivity index (χ1n) is 9.30. The Hall–Kier alpha value is -2.01. The molecule has 0 aliphatic carbocycles. The van der Waals surface area contributed by atoms with Crippen molar-refractivity contribution in [1.29, 1.82) is 0 Å². The third-order valence-corrected chi connectivity index (χ3v) is 4.79. The second-order valence-electron chi connectivity index (χ2n) is 6.26. The number of thioether (sulfide) groups is 1. The Kier molecular flexibility index (Phi) is 10.6. The van der Waals surface area contributed by atoms with Crippen LogP contribution in [0.1, 0.15) is 48.7 Å². The van der Waals surface area contributed by atoms with Crippen molar-refractivity contribution in [1.82, 2.24) is 5.32 Å². The Morgan fingerprint density at radius 2 is 2.04 bits per heavy atom. The number of esters is 1. The molecule has 0 radical (unpaired) electrons. The third-order valence-electron chi connectivity index (χ3n) is 4.14. The quantitative estimate of drug-likeness (QED) is 0.474. The van der Waals surface area contributed by atoms with E-state index in [1.807, 2.05) is 63.5 Å². The van der Waals surface area contributed by atoms with Crippen molar-refractivity contribution in [2.24, 2.45) is 0 Å². The number of rotatable bonds is 10. The second-order valence-corrected chi connectivity index (χ2v) is 7.25. The molecule has 0 saturated carbocycles. The van der Waals surface area contributed by atoms with Gasteiger partial charge in [0, 0.05) is 5.56 Å². The maximum atomic E-state index is 13.0. The molecule has 1 N–H and O–H groups in total. The first-order valence-corrected chi connectivity index (χ1v) is 10.7. The summed E-state index contributed by atoms with van der Waals surface area (Å²) >= 11 is 1.64. The number of allylic oxidation sites excluding steroid dienone is 4. The first kappa shape index (κ1) is 23.0. The molecule has 1 atom stereocenters. The minimum atomic E-state index is -0.630. The van der Waals surface area contributed by atoms with Crippen molar-refractivity contribution in [2.45, 2.75) is 46.6 Å². The van der Waals surface area contributed by atoms with E-state index >= 15 is 0 Å². The third kappa shape index (κ3) is 7.63. The Morgan fingerprint density at radius 3 is 2.63 bits per heavy atom. The average Bonchev–Trinajstić information content (AvgIpc) is 2.65. The molecule has 0 aliphatic rings. The molecule has 1 aromatic carbocycles. The number of nitrogens with one attached hydrogen (secondary N) is 1. The van der Waals surface area contributed by atoms with Crippen molar-refractivity contribution in [3.05, 3.63) is 58.7 Å². The molecule has 0 saturated heterocycles. The van der Waals surface area contributed by atoms with E-state index in [1.165, 1.54) is 0 Å². The van der Waals surface area contributed by atoms with E-state index in [0.29, 0.717) is 25.0 Å². The summed E-state index contributed by atoms with van der Waals surface area (Å²) in [4.78, 5) is 25.2. The van der Waals surface area contributed by atoms with Crippen LogP contribution in [-0.2, 0) is 16.0 Å². The maximum absolute atomic E-state index is 13.0. The van der Waals surface area contributed by atoms with Crippen LogP contribution in [0.5, 0.6) is 0 Å². The summed E-state index contributed by atoms with van der Waals surface area (Å²) in [6.45, 7) is 7.99. The lowest BCUT2D eigenvalue weighted by Gasteiger charge is -2.18. The van der Waals surface area contributed by atoms with Crippen molar-refractivity contribution in [3.63, 3.8) is 0 Å². The normalized spacial score (nSPS) is 12.9. The van der Waals surface area contributed by atoms with Crippen LogP contribution in [0.25, 0.3) is 0 Å². The van der Waals surface area contributed by atoms with Crippen LogP contribution >= 0.6 is 11.8 Å². The lowest BCUT2D eigenvalue weighted by atomic mass is 9.96. The topological polar surface area (TPSA) is 55.4 Å². The van der Waals surface area contributed by atoms with Crippen LogP contribution in [0.2, 0.25) is 0 Å². The van der Waals surface area contributed by atoms with Crippen LogP contribution in [0.3, 0.4) is 0 Å². The molecule has 27 heavy (non-hydrogen) atoms. The summed E-state index contributed by atoms with van der Waals surface area (Å²) in [7, 11) is 0. The van der Waals surface area contributed by atoms with Gasteiger partial charge in [-0.2, -0.15) is 11.8 Å². The molecule has 4 nitrogen and oxygen atoms in total. The van der Waals surface area contributed by atoms with E-state index in [1.54, 1.807) is 18.7 Å². The van der Waals surface area contributed by atoms with Crippen molar-refractivity contribution in [3.8, 4) is 0 Å². The predicted molar refractivity (Wildman–Crippen MR) is 114 cm³/mol. The zero-order chi connectivity index (χ0) is 20.2. The van der Waals surface area contributed by atoms with Gasteiger partial charge < -0.3 is 10.1 Å². The number of amides is 1. The van der Waals surface area contributed by atoms with Gasteiger partial charge in [-0.25, -0.2) is 4.79 Å². The monoisotopic (exact) mass is 389 g/mol. The van der Waals surface area contributed by atoms with Gasteiger partial charge >= 0.3 is 5.97 Å². The standard InChI is InChI=1S/C22H31NO3S/c1-6-9-17(7-2)15-18-11-10-16(4)14-19(18)21(24)23-20(12-13-27-5)22(25)26-8-3/h6-7,9-11,14,20H,8,12-13,15H2,1-5H3,(H,23,24)/b9-6-,17-7+. The van der Waals surface area contributed by atoms with E-state index in [-0.39, 0.29) is 11.9 Å². The average molecular weight is 390 g/mol. The highest BCUT2D eigenvalue weighted by Gasteiger charge is 2.23. The highest BCUT2D eigenvalue weighted by atomic mass is 32.2. The van der Waals surface area contributed by atoms with Crippen LogP contribution in [0.4, 0.5) is 0 Å². The number of hydrogen-bond acceptors (Lipinski definition) is 4. The molecule has 1 unspecified atom stereocenters. The van der Waals surface area contributed by atoms with E-state index in [0.717, 1.165) is 22.5 Å². The Morgan fingerprint density at radius 1 is 1.30 bits per heavy atom. The zero-order valence-corrected chi connectivity index (χ0v) is 17.8. The summed E-state index contributed by atoms with van der Waals surface area (Å²) in [5.74, 6) is 0.162. The number of carbonyl (C=O) groups excluding carboxylic acids is 2. The molecule has 0 bridgehead atoms. The summed E-state index contributed by atoms with van der Waals surface area (Å²) in [5, 5.41) is 2.88. The molecular formula is C22H31NO3S. The highest BCUT2D eigenvalue weighted by molar-refractivity contribution is 7.98. The van der Waals surface area contributed by atoms with Crippen molar-refractivity contribution < 1.29 is 14.3 Å². The fourth-order valence-electron chi connectivity index (χ4n) is 2.71. The largest absolute Gasteiger partial charge is 0.464 e. The van der Waals surface area contributed by atoms with Gasteiger partial charge in [0.1, 0.15) is 6.04 Å². The summed E-state index contributed by atoms with van der Waals surface area (Å²) in [5.41, 5.74) is 3.70. The van der Waals surface area contributed by atoms with Gasteiger partial charge in [0.2, 0.25) is 0 Å². The molecule has 0 spiro atoms. The van der Waals surface area contributed by atoms with E-state index in [9.17, 15) is 9.59 Å². The molecule has 0 aliphatic heterocycles. The molecule has 1 aromatic rings. The lowest BCUT2D eigenvalue weighted by molar-refractivity contribution is -0.145. The lowest BCUT2D eigenvalue weighted by Crippen LogP contribution is -2.42. The Bertz CT molecular complexity index is 695. The van der Waals surface area contributed by atoms with Gasteiger partial charge in [-0.15, -0.1) is 0 Å². The summed E-state index contributed by atoms with van der Waals surface area (Å²) < 4.78 is 5.12. The number of ether oxygens (including phenoxy) is 1. The minimum Gasteiger partial charge on any atom is -0.464 e. The van der Waals surface area contributed by atoms with Crippen molar-refractivity contribution in [2.75, 3.05) is 18.6 Å². The SMILES string of the molecule is C/C=C\C(=C/C)Cc1ccc(C)cc1C(=O)NC(CCSC)C(=O)OCC. The van der Waals surface area contributed by atoms with Crippen molar-refractivity contribution >= 4 is 23.6 Å². The number of aryl methyl sites for hydroxylation is 1. The minimum absolute atomic E-state index is 0.233. The van der Waals surface area contributed by atoms with Gasteiger partial charge in [-0.3, -0.25) is 4.79 Å². The summed E-state index contributed by atoms with van der Waals surface area (Å²) in [6.07, 6.45) is 9.26. The van der Waals surface area contributed by atoms with Gasteiger partial charge in [0.25, 0.3) is 5.91 Å². The van der Waals surface area contributed by atoms with Crippen LogP contribution in [-0.4, -0.2) is 36.5 Å².